The van der Waals surface area contributed by atoms with Gasteiger partial charge in [-0.25, -0.2) is 4.48 Å². The van der Waals surface area contributed by atoms with E-state index < -0.39 is 0 Å². The first kappa shape index (κ1) is 14.6. The van der Waals surface area contributed by atoms with Crippen LogP contribution in [0.25, 0.3) is 5.57 Å². The molecule has 0 saturated carbocycles. The molecule has 0 N–H and O–H groups in total. The number of hydrogen-bond acceptors (Lipinski definition) is 2. The van der Waals surface area contributed by atoms with Crippen molar-refractivity contribution >= 4 is 16.9 Å². The zero-order chi connectivity index (χ0) is 16.0. The van der Waals surface area contributed by atoms with Gasteiger partial charge in [0.15, 0.2) is 11.4 Å². The molecule has 2 aliphatic rings. The fourth-order valence-corrected chi connectivity index (χ4v) is 4.44. The Labute approximate surface area is 138 Å². The Hall–Kier alpha value is -1.97. The third kappa shape index (κ3) is 1.93. The lowest BCUT2D eigenvalue weighted by Gasteiger charge is -2.38. The van der Waals surface area contributed by atoms with Crippen LogP contribution in [0.15, 0.2) is 48.3 Å². The van der Waals surface area contributed by atoms with Gasteiger partial charge in [-0.3, -0.25) is 4.98 Å². The van der Waals surface area contributed by atoms with E-state index in [0.29, 0.717) is 0 Å². The zero-order valence-electron chi connectivity index (χ0n) is 14.2. The van der Waals surface area contributed by atoms with Gasteiger partial charge in [0.25, 0.3) is 0 Å². The van der Waals surface area contributed by atoms with E-state index in [4.69, 9.17) is 0 Å². The molecule has 2 aromatic rings. The molecule has 0 spiro atoms. The van der Waals surface area contributed by atoms with Crippen LogP contribution < -0.4 is 4.48 Å². The van der Waals surface area contributed by atoms with E-state index in [0.717, 1.165) is 36.2 Å². The average Bonchev–Trinajstić information content (AvgIpc) is 2.86. The van der Waals surface area contributed by atoms with E-state index >= 15 is 0 Å². The Morgan fingerprint density at radius 2 is 1.91 bits per heavy atom. The monoisotopic (exact) mass is 306 g/mol. The van der Waals surface area contributed by atoms with Gasteiger partial charge in [-0.15, -0.1) is 0 Å². The number of benzene rings is 1. The quantitative estimate of drug-likeness (QED) is 0.776. The van der Waals surface area contributed by atoms with Crippen molar-refractivity contribution in [2.45, 2.75) is 20.3 Å². The molecule has 0 bridgehead atoms. The largest absolute Gasteiger partial charge is 0.301 e. The number of hydrogen-bond donors (Lipinski definition) is 0. The number of quaternary nitrogens is 1. The number of likely N-dealkylation sites (N-methyl/N-ethyl adjacent to an activating group) is 1. The fourth-order valence-electron chi connectivity index (χ4n) is 4.44. The maximum atomic E-state index is 4.59. The van der Waals surface area contributed by atoms with Crippen LogP contribution in [0.4, 0.5) is 11.4 Å². The molecule has 0 aliphatic carbocycles. The maximum Gasteiger partial charge on any atom is 0.164 e. The topological polar surface area (TPSA) is 16.1 Å². The molecule has 1 unspecified atom stereocenters. The van der Waals surface area contributed by atoms with E-state index in [9.17, 15) is 0 Å². The SMILES string of the molecule is CC[N+]1(c2cccnc2C)C2=C(CN(C)CC2)c2ccccc21. The van der Waals surface area contributed by atoms with Crippen molar-refractivity contribution in [2.24, 2.45) is 0 Å². The summed E-state index contributed by atoms with van der Waals surface area (Å²) in [5.74, 6) is 0. The Bertz CT molecular complexity index is 793. The van der Waals surface area contributed by atoms with Crippen molar-refractivity contribution < 1.29 is 0 Å². The van der Waals surface area contributed by atoms with Gasteiger partial charge in [-0.05, 0) is 33.0 Å². The van der Waals surface area contributed by atoms with Crippen LogP contribution in [0.5, 0.6) is 0 Å². The molecule has 23 heavy (non-hydrogen) atoms. The summed E-state index contributed by atoms with van der Waals surface area (Å²) in [6, 6.07) is 13.3. The molecule has 0 fully saturated rings. The molecule has 0 saturated heterocycles. The van der Waals surface area contributed by atoms with Crippen LogP contribution in [0.2, 0.25) is 0 Å². The third-order valence-corrected chi connectivity index (χ3v) is 5.47. The number of nitrogens with zero attached hydrogens (tertiary/aromatic N) is 3. The summed E-state index contributed by atoms with van der Waals surface area (Å²) < 4.78 is 0.860. The summed E-state index contributed by atoms with van der Waals surface area (Å²) in [5, 5.41) is 0. The smallest absolute Gasteiger partial charge is 0.164 e. The number of fused-ring (bicyclic) bond motifs is 2. The minimum absolute atomic E-state index is 0.860. The van der Waals surface area contributed by atoms with Gasteiger partial charge >= 0.3 is 0 Å². The van der Waals surface area contributed by atoms with Gasteiger partial charge in [0.05, 0.1) is 12.2 Å². The molecule has 3 heterocycles. The Morgan fingerprint density at radius 1 is 1.13 bits per heavy atom. The van der Waals surface area contributed by atoms with Crippen LogP contribution in [-0.4, -0.2) is 36.6 Å². The molecule has 3 nitrogen and oxygen atoms in total. The van der Waals surface area contributed by atoms with Gasteiger partial charge in [-0.2, -0.15) is 0 Å². The third-order valence-electron chi connectivity index (χ3n) is 5.47. The lowest BCUT2D eigenvalue weighted by Crippen LogP contribution is -2.44. The van der Waals surface area contributed by atoms with Crippen LogP contribution in [0, 0.1) is 6.92 Å². The average molecular weight is 306 g/mol. The lowest BCUT2D eigenvalue weighted by molar-refractivity contribution is 0.343. The molecule has 0 radical (unpaired) electrons. The number of aryl methyl sites for hydroxylation is 1. The molecule has 1 atom stereocenters. The van der Waals surface area contributed by atoms with Crippen molar-refractivity contribution in [3.05, 3.63) is 59.5 Å². The van der Waals surface area contributed by atoms with E-state index in [-0.39, 0.29) is 0 Å². The highest BCUT2D eigenvalue weighted by atomic mass is 15.4. The first-order valence-electron chi connectivity index (χ1n) is 8.50. The summed E-state index contributed by atoms with van der Waals surface area (Å²) in [7, 11) is 2.22. The molecule has 1 aromatic heterocycles. The highest BCUT2D eigenvalue weighted by molar-refractivity contribution is 5.90. The first-order chi connectivity index (χ1) is 11.2. The van der Waals surface area contributed by atoms with E-state index in [1.54, 1.807) is 5.70 Å². The Morgan fingerprint density at radius 3 is 2.70 bits per heavy atom. The molecule has 1 aromatic carbocycles. The van der Waals surface area contributed by atoms with Crippen molar-refractivity contribution in [3.8, 4) is 0 Å². The molecule has 0 amide bonds. The molecular weight excluding hydrogens is 282 g/mol. The van der Waals surface area contributed by atoms with Gasteiger partial charge in [-0.1, -0.05) is 12.1 Å². The number of aromatic nitrogens is 1. The number of pyridine rings is 1. The zero-order valence-corrected chi connectivity index (χ0v) is 14.2. The minimum Gasteiger partial charge on any atom is -0.301 e. The van der Waals surface area contributed by atoms with Crippen molar-refractivity contribution in [1.29, 1.82) is 0 Å². The highest BCUT2D eigenvalue weighted by Crippen LogP contribution is 2.53. The number of para-hydroxylation sites is 1. The second-order valence-corrected chi connectivity index (χ2v) is 6.66. The predicted octanol–water partition coefficient (Wildman–Crippen LogP) is 4.11. The minimum atomic E-state index is 0.860. The van der Waals surface area contributed by atoms with Gasteiger partial charge < -0.3 is 4.90 Å². The molecule has 4 rings (SSSR count). The van der Waals surface area contributed by atoms with Crippen molar-refractivity contribution in [2.75, 3.05) is 26.7 Å². The van der Waals surface area contributed by atoms with Crippen LogP contribution >= 0.6 is 0 Å². The summed E-state index contributed by atoms with van der Waals surface area (Å²) in [6.07, 6.45) is 3.03. The van der Waals surface area contributed by atoms with E-state index in [2.05, 4.69) is 67.2 Å². The molecule has 118 valence electrons. The first-order valence-corrected chi connectivity index (χ1v) is 8.50. The van der Waals surface area contributed by atoms with Crippen molar-refractivity contribution in [1.82, 2.24) is 14.4 Å². The van der Waals surface area contributed by atoms with E-state index in [1.165, 1.54) is 22.5 Å². The maximum absolute atomic E-state index is 4.59. The van der Waals surface area contributed by atoms with Crippen molar-refractivity contribution in [3.63, 3.8) is 0 Å². The summed E-state index contributed by atoms with van der Waals surface area (Å²) in [5.41, 5.74) is 8.42. The predicted molar refractivity (Wildman–Crippen MR) is 96.4 cm³/mol. The highest BCUT2D eigenvalue weighted by Gasteiger charge is 2.48. The van der Waals surface area contributed by atoms with Crippen LogP contribution in [0.3, 0.4) is 0 Å². The second-order valence-electron chi connectivity index (χ2n) is 6.66. The summed E-state index contributed by atoms with van der Waals surface area (Å²) in [6.45, 7) is 7.66. The van der Waals surface area contributed by atoms with Gasteiger partial charge in [0.2, 0.25) is 0 Å². The standard InChI is InChI=1S/C20H24N3/c1-4-23(18-10-7-12-21-15(18)2)19-9-6-5-8-16(19)17-14-22(3)13-11-20(17)23/h5-10,12H,4,11,13-14H2,1-3H3/q+1. The van der Waals surface area contributed by atoms with Gasteiger partial charge in [0.1, 0.15) is 5.70 Å². The second kappa shape index (κ2) is 5.29. The molecular formula is C20H24N3+. The Kier molecular flexibility index (Phi) is 3.36. The summed E-state index contributed by atoms with van der Waals surface area (Å²) >= 11 is 0. The molecule has 2 aliphatic heterocycles. The normalized spacial score (nSPS) is 23.8. The van der Waals surface area contributed by atoms with E-state index in [1.807, 2.05) is 6.20 Å². The van der Waals surface area contributed by atoms with Crippen LogP contribution in [0.1, 0.15) is 24.6 Å². The number of rotatable bonds is 2. The lowest BCUT2D eigenvalue weighted by atomic mass is 10.0. The fraction of sp³-hybridized carbons (Fsp3) is 0.350. The van der Waals surface area contributed by atoms with Gasteiger partial charge in [0, 0.05) is 49.0 Å². The van der Waals surface area contributed by atoms with Crippen LogP contribution in [-0.2, 0) is 0 Å². The molecule has 3 heteroatoms. The Balaban J connectivity index is 2.04. The summed E-state index contributed by atoms with van der Waals surface area (Å²) in [4.78, 5) is 7.03.